The van der Waals surface area contributed by atoms with Gasteiger partial charge >= 0.3 is 0 Å². The molecule has 1 N–H and O–H groups in total. The minimum Gasteiger partial charge on any atom is -0.383 e. The second kappa shape index (κ2) is 7.99. The van der Waals surface area contributed by atoms with Crippen LogP contribution in [0.3, 0.4) is 0 Å². The van der Waals surface area contributed by atoms with Gasteiger partial charge in [0.2, 0.25) is 6.29 Å². The zero-order valence-electron chi connectivity index (χ0n) is 13.0. The number of aliphatic hydroxyl groups excluding tert-OH is 1. The lowest BCUT2D eigenvalue weighted by molar-refractivity contribution is 0.0212. The summed E-state index contributed by atoms with van der Waals surface area (Å²) < 4.78 is 5.75. The van der Waals surface area contributed by atoms with Crippen molar-refractivity contribution in [2.45, 2.75) is 84.2 Å². The van der Waals surface area contributed by atoms with Gasteiger partial charge in [0.25, 0.3) is 0 Å². The maximum absolute atomic E-state index is 9.79. The van der Waals surface area contributed by atoms with E-state index in [9.17, 15) is 5.11 Å². The molecule has 0 bridgehead atoms. The predicted molar refractivity (Wildman–Crippen MR) is 80.8 cm³/mol. The normalized spacial score (nSPS) is 13.9. The Morgan fingerprint density at radius 3 is 2.28 bits per heavy atom. The first-order chi connectivity index (χ1) is 8.20. The Morgan fingerprint density at radius 2 is 1.78 bits per heavy atom. The van der Waals surface area contributed by atoms with E-state index in [2.05, 4.69) is 52.6 Å². The van der Waals surface area contributed by atoms with E-state index < -0.39 is 14.6 Å². The van der Waals surface area contributed by atoms with Crippen LogP contribution in [0.15, 0.2) is 0 Å². The molecule has 1 unspecified atom stereocenters. The third-order valence-electron chi connectivity index (χ3n) is 3.59. The standard InChI is InChI=1S/C15H30O2Si/c1-7-8-9-10-11-12-13-14(16)17-18(5,6)15(2,3)4/h14,16H,7-11H2,1-6H3. The average molecular weight is 270 g/mol. The molecule has 3 heteroatoms. The maximum Gasteiger partial charge on any atom is 0.210 e. The zero-order chi connectivity index (χ0) is 14.2. The largest absolute Gasteiger partial charge is 0.383 e. The van der Waals surface area contributed by atoms with Gasteiger partial charge in [-0.15, -0.1) is 0 Å². The van der Waals surface area contributed by atoms with Crippen molar-refractivity contribution in [3.8, 4) is 11.8 Å². The lowest BCUT2D eigenvalue weighted by atomic mass is 10.2. The maximum atomic E-state index is 9.79. The molecule has 0 aliphatic carbocycles. The van der Waals surface area contributed by atoms with Gasteiger partial charge < -0.3 is 9.53 Å². The van der Waals surface area contributed by atoms with E-state index in [0.29, 0.717) is 0 Å². The molecule has 106 valence electrons. The van der Waals surface area contributed by atoms with Crippen LogP contribution in [0.4, 0.5) is 0 Å². The number of aliphatic hydroxyl groups is 1. The van der Waals surface area contributed by atoms with Crippen molar-refractivity contribution < 1.29 is 9.53 Å². The molecule has 0 saturated heterocycles. The van der Waals surface area contributed by atoms with Crippen molar-refractivity contribution >= 4 is 8.32 Å². The molecule has 0 spiro atoms. The summed E-state index contributed by atoms with van der Waals surface area (Å²) in [5, 5.41) is 9.90. The minimum atomic E-state index is -1.90. The lowest BCUT2D eigenvalue weighted by Gasteiger charge is -2.36. The molecular formula is C15H30O2Si. The second-order valence-electron chi connectivity index (χ2n) is 6.36. The summed E-state index contributed by atoms with van der Waals surface area (Å²) in [5.41, 5.74) is 0. The lowest BCUT2D eigenvalue weighted by Crippen LogP contribution is -2.43. The van der Waals surface area contributed by atoms with E-state index in [1.54, 1.807) is 0 Å². The monoisotopic (exact) mass is 270 g/mol. The summed E-state index contributed by atoms with van der Waals surface area (Å²) >= 11 is 0. The van der Waals surface area contributed by atoms with Crippen LogP contribution < -0.4 is 0 Å². The highest BCUT2D eigenvalue weighted by Gasteiger charge is 2.38. The van der Waals surface area contributed by atoms with Crippen LogP contribution in [0.1, 0.15) is 59.8 Å². The van der Waals surface area contributed by atoms with Crippen LogP contribution in [0.25, 0.3) is 0 Å². The van der Waals surface area contributed by atoms with E-state index in [1.165, 1.54) is 19.3 Å². The molecule has 0 aliphatic rings. The topological polar surface area (TPSA) is 29.5 Å². The van der Waals surface area contributed by atoms with Gasteiger partial charge in [-0.05, 0) is 30.5 Å². The van der Waals surface area contributed by atoms with E-state index in [4.69, 9.17) is 4.43 Å². The van der Waals surface area contributed by atoms with Gasteiger partial charge in [-0.1, -0.05) is 52.9 Å². The fourth-order valence-electron chi connectivity index (χ4n) is 1.28. The molecule has 0 aromatic rings. The first kappa shape index (κ1) is 17.7. The second-order valence-corrected chi connectivity index (χ2v) is 11.1. The zero-order valence-corrected chi connectivity index (χ0v) is 14.0. The highest BCUT2D eigenvalue weighted by Crippen LogP contribution is 2.36. The van der Waals surface area contributed by atoms with Gasteiger partial charge in [-0.25, -0.2) is 0 Å². The van der Waals surface area contributed by atoms with E-state index in [0.717, 1.165) is 12.8 Å². The van der Waals surface area contributed by atoms with Crippen molar-refractivity contribution in [1.82, 2.24) is 0 Å². The summed E-state index contributed by atoms with van der Waals surface area (Å²) in [4.78, 5) is 0. The Balaban J connectivity index is 4.04. The average Bonchev–Trinajstić information content (AvgIpc) is 2.20. The van der Waals surface area contributed by atoms with Crippen molar-refractivity contribution in [2.75, 3.05) is 0 Å². The van der Waals surface area contributed by atoms with Gasteiger partial charge in [0.1, 0.15) is 0 Å². The Labute approximate surface area is 114 Å². The highest BCUT2D eigenvalue weighted by molar-refractivity contribution is 6.74. The molecule has 0 heterocycles. The minimum absolute atomic E-state index is 0.108. The first-order valence-corrected chi connectivity index (χ1v) is 9.96. The molecule has 18 heavy (non-hydrogen) atoms. The fourth-order valence-corrected chi connectivity index (χ4v) is 2.26. The number of rotatable bonds is 6. The van der Waals surface area contributed by atoms with Gasteiger partial charge in [0, 0.05) is 6.42 Å². The first-order valence-electron chi connectivity index (χ1n) is 7.05. The molecule has 0 saturated carbocycles. The Kier molecular flexibility index (Phi) is 7.85. The van der Waals surface area contributed by atoms with Crippen LogP contribution in [-0.2, 0) is 4.43 Å². The quantitative estimate of drug-likeness (QED) is 0.337. The van der Waals surface area contributed by atoms with Crippen molar-refractivity contribution in [2.24, 2.45) is 0 Å². The number of unbranched alkanes of at least 4 members (excludes halogenated alkanes) is 4. The van der Waals surface area contributed by atoms with E-state index in [1.807, 2.05) is 0 Å². The highest BCUT2D eigenvalue weighted by atomic mass is 28.4. The summed E-state index contributed by atoms with van der Waals surface area (Å²) in [5.74, 6) is 5.82. The van der Waals surface area contributed by atoms with Crippen LogP contribution in [0, 0.1) is 11.8 Å². The molecule has 2 nitrogen and oxygen atoms in total. The van der Waals surface area contributed by atoms with Crippen molar-refractivity contribution in [3.05, 3.63) is 0 Å². The summed E-state index contributed by atoms with van der Waals surface area (Å²) in [6, 6.07) is 0. The molecule has 0 radical (unpaired) electrons. The molecule has 0 aromatic heterocycles. The van der Waals surface area contributed by atoms with Gasteiger partial charge in [-0.2, -0.15) is 0 Å². The predicted octanol–water partition coefficient (Wildman–Crippen LogP) is 4.30. The third-order valence-corrected chi connectivity index (χ3v) is 8.02. The van der Waals surface area contributed by atoms with Crippen LogP contribution >= 0.6 is 0 Å². The van der Waals surface area contributed by atoms with Crippen LogP contribution in [0.2, 0.25) is 18.1 Å². The SMILES string of the molecule is CCCCCCC#CC(O)O[Si](C)(C)C(C)(C)C. The molecule has 0 aromatic carbocycles. The summed E-state index contributed by atoms with van der Waals surface area (Å²) in [6.45, 7) is 12.9. The Bertz CT molecular complexity index is 281. The molecule has 1 atom stereocenters. The molecular weight excluding hydrogens is 240 g/mol. The van der Waals surface area contributed by atoms with Crippen molar-refractivity contribution in [1.29, 1.82) is 0 Å². The number of hydrogen-bond acceptors (Lipinski definition) is 2. The van der Waals surface area contributed by atoms with E-state index >= 15 is 0 Å². The third kappa shape index (κ3) is 7.20. The van der Waals surface area contributed by atoms with Gasteiger partial charge in [-0.3, -0.25) is 0 Å². The molecule has 0 rings (SSSR count). The van der Waals surface area contributed by atoms with Crippen LogP contribution in [0.5, 0.6) is 0 Å². The van der Waals surface area contributed by atoms with Crippen LogP contribution in [-0.4, -0.2) is 19.7 Å². The number of hydrogen-bond donors (Lipinski definition) is 1. The van der Waals surface area contributed by atoms with Crippen molar-refractivity contribution in [3.63, 3.8) is 0 Å². The summed E-state index contributed by atoms with van der Waals surface area (Å²) in [7, 11) is -1.90. The van der Waals surface area contributed by atoms with E-state index in [-0.39, 0.29) is 5.04 Å². The van der Waals surface area contributed by atoms with Gasteiger partial charge in [0.15, 0.2) is 8.32 Å². The Morgan fingerprint density at radius 1 is 1.17 bits per heavy atom. The Hall–Kier alpha value is -0.303. The summed E-state index contributed by atoms with van der Waals surface area (Å²) in [6.07, 6.45) is 4.79. The molecule has 0 fully saturated rings. The fraction of sp³-hybridized carbons (Fsp3) is 0.867. The molecule has 0 aliphatic heterocycles. The smallest absolute Gasteiger partial charge is 0.210 e. The molecule has 0 amide bonds. The van der Waals surface area contributed by atoms with Gasteiger partial charge in [0.05, 0.1) is 0 Å².